The highest BCUT2D eigenvalue weighted by atomic mass is 32.2. The molecule has 3 rings (SSSR count). The van der Waals surface area contributed by atoms with E-state index in [1.807, 2.05) is 54.6 Å². The number of ether oxygens (including phenoxy) is 1. The van der Waals surface area contributed by atoms with Gasteiger partial charge in [-0.25, -0.2) is 13.1 Å². The first-order valence-electron chi connectivity index (χ1n) is 8.79. The third kappa shape index (κ3) is 4.05. The SMILES string of the molecule is CCC1(CC)C[C@H](NS(=O)(=O)Cc2ccccc2)c2ccccc2O1. The van der Waals surface area contributed by atoms with Gasteiger partial charge < -0.3 is 4.74 Å². The van der Waals surface area contributed by atoms with E-state index < -0.39 is 10.0 Å². The van der Waals surface area contributed by atoms with E-state index in [2.05, 4.69) is 18.6 Å². The summed E-state index contributed by atoms with van der Waals surface area (Å²) < 4.78 is 34.6. The van der Waals surface area contributed by atoms with E-state index in [4.69, 9.17) is 4.74 Å². The highest BCUT2D eigenvalue weighted by Gasteiger charge is 2.39. The molecule has 1 atom stereocenters. The van der Waals surface area contributed by atoms with E-state index in [0.717, 1.165) is 29.7 Å². The molecule has 0 bridgehead atoms. The van der Waals surface area contributed by atoms with E-state index in [9.17, 15) is 8.42 Å². The van der Waals surface area contributed by atoms with Gasteiger partial charge in [-0.15, -0.1) is 0 Å². The highest BCUT2D eigenvalue weighted by Crippen LogP contribution is 2.42. The normalized spacial score (nSPS) is 19.0. The molecule has 0 fully saturated rings. The Hall–Kier alpha value is -1.85. The molecule has 134 valence electrons. The highest BCUT2D eigenvalue weighted by molar-refractivity contribution is 7.88. The van der Waals surface area contributed by atoms with Crippen LogP contribution in [0.4, 0.5) is 0 Å². The van der Waals surface area contributed by atoms with Crippen molar-refractivity contribution < 1.29 is 13.2 Å². The number of nitrogens with one attached hydrogen (secondary N) is 1. The Bertz CT molecular complexity index is 814. The Morgan fingerprint density at radius 3 is 2.36 bits per heavy atom. The molecule has 0 amide bonds. The monoisotopic (exact) mass is 359 g/mol. The van der Waals surface area contributed by atoms with Gasteiger partial charge in [0.2, 0.25) is 10.0 Å². The van der Waals surface area contributed by atoms with Crippen molar-refractivity contribution >= 4 is 10.0 Å². The summed E-state index contributed by atoms with van der Waals surface area (Å²) in [6, 6.07) is 16.7. The molecule has 0 radical (unpaired) electrons. The van der Waals surface area contributed by atoms with Crippen LogP contribution in [0.3, 0.4) is 0 Å². The van der Waals surface area contributed by atoms with Crippen LogP contribution in [-0.4, -0.2) is 14.0 Å². The van der Waals surface area contributed by atoms with Gasteiger partial charge in [-0.3, -0.25) is 0 Å². The minimum atomic E-state index is -3.45. The summed E-state index contributed by atoms with van der Waals surface area (Å²) in [4.78, 5) is 0. The largest absolute Gasteiger partial charge is 0.487 e. The van der Waals surface area contributed by atoms with Crippen LogP contribution < -0.4 is 9.46 Å². The lowest BCUT2D eigenvalue weighted by molar-refractivity contribution is 0.0260. The van der Waals surface area contributed by atoms with Crippen LogP contribution in [0.2, 0.25) is 0 Å². The summed E-state index contributed by atoms with van der Waals surface area (Å²) in [6.45, 7) is 4.18. The summed E-state index contributed by atoms with van der Waals surface area (Å²) in [6.07, 6.45) is 2.33. The van der Waals surface area contributed by atoms with Crippen molar-refractivity contribution in [2.24, 2.45) is 0 Å². The molecule has 0 saturated heterocycles. The number of fused-ring (bicyclic) bond motifs is 1. The zero-order chi connectivity index (χ0) is 17.9. The summed E-state index contributed by atoms with van der Waals surface area (Å²) in [5.41, 5.74) is 1.37. The molecule has 1 aliphatic heterocycles. The molecule has 2 aromatic rings. The third-order valence-electron chi connectivity index (χ3n) is 5.01. The van der Waals surface area contributed by atoms with Crippen molar-refractivity contribution in [3.8, 4) is 5.75 Å². The van der Waals surface area contributed by atoms with Crippen molar-refractivity contribution in [1.82, 2.24) is 4.72 Å². The molecule has 0 saturated carbocycles. The van der Waals surface area contributed by atoms with Gasteiger partial charge in [0.15, 0.2) is 0 Å². The quantitative estimate of drug-likeness (QED) is 0.841. The lowest BCUT2D eigenvalue weighted by Gasteiger charge is -2.41. The number of benzene rings is 2. The van der Waals surface area contributed by atoms with E-state index in [-0.39, 0.29) is 17.4 Å². The van der Waals surface area contributed by atoms with Crippen molar-refractivity contribution in [2.75, 3.05) is 0 Å². The number of rotatable bonds is 6. The molecule has 25 heavy (non-hydrogen) atoms. The molecule has 2 aromatic carbocycles. The molecule has 1 heterocycles. The van der Waals surface area contributed by atoms with Crippen molar-refractivity contribution in [2.45, 2.75) is 50.5 Å². The average Bonchev–Trinajstić information content (AvgIpc) is 2.61. The molecular weight excluding hydrogens is 334 g/mol. The smallest absolute Gasteiger partial charge is 0.216 e. The Balaban J connectivity index is 1.87. The van der Waals surface area contributed by atoms with Crippen LogP contribution in [0.1, 0.15) is 50.3 Å². The van der Waals surface area contributed by atoms with Gasteiger partial charge in [0.05, 0.1) is 11.8 Å². The molecule has 5 heteroatoms. The summed E-state index contributed by atoms with van der Waals surface area (Å²) in [5.74, 6) is 0.767. The average molecular weight is 359 g/mol. The van der Waals surface area contributed by atoms with Gasteiger partial charge in [0.1, 0.15) is 11.4 Å². The standard InChI is InChI=1S/C20H25NO3S/c1-3-20(4-2)14-18(17-12-8-9-13-19(17)24-20)21-25(22,23)15-16-10-6-5-7-11-16/h5-13,18,21H,3-4,14-15H2,1-2H3/t18-/m0/s1. The first-order chi connectivity index (χ1) is 12.0. The topological polar surface area (TPSA) is 55.4 Å². The Labute approximate surface area is 150 Å². The van der Waals surface area contributed by atoms with Gasteiger partial charge in [-0.05, 0) is 24.5 Å². The maximum absolute atomic E-state index is 12.7. The zero-order valence-corrected chi connectivity index (χ0v) is 15.6. The summed E-state index contributed by atoms with van der Waals surface area (Å²) in [5, 5.41) is 0. The van der Waals surface area contributed by atoms with Gasteiger partial charge in [-0.2, -0.15) is 0 Å². The van der Waals surface area contributed by atoms with Crippen LogP contribution in [0.5, 0.6) is 5.75 Å². The zero-order valence-electron chi connectivity index (χ0n) is 14.7. The van der Waals surface area contributed by atoms with E-state index in [0.29, 0.717) is 6.42 Å². The van der Waals surface area contributed by atoms with E-state index in [1.54, 1.807) is 0 Å². The molecule has 0 aliphatic carbocycles. The number of hydrogen-bond acceptors (Lipinski definition) is 3. The van der Waals surface area contributed by atoms with E-state index >= 15 is 0 Å². The minimum absolute atomic E-state index is 0.0153. The fourth-order valence-corrected chi connectivity index (χ4v) is 4.82. The Morgan fingerprint density at radius 2 is 1.68 bits per heavy atom. The fraction of sp³-hybridized carbons (Fsp3) is 0.400. The minimum Gasteiger partial charge on any atom is -0.487 e. The van der Waals surface area contributed by atoms with Crippen molar-refractivity contribution in [3.05, 3.63) is 65.7 Å². The Morgan fingerprint density at radius 1 is 1.04 bits per heavy atom. The first kappa shape index (κ1) is 18.0. The van der Waals surface area contributed by atoms with E-state index in [1.165, 1.54) is 0 Å². The maximum Gasteiger partial charge on any atom is 0.216 e. The second-order valence-electron chi connectivity index (χ2n) is 6.65. The third-order valence-corrected chi connectivity index (χ3v) is 6.36. The van der Waals surface area contributed by atoms with Crippen molar-refractivity contribution in [3.63, 3.8) is 0 Å². The van der Waals surface area contributed by atoms with Gasteiger partial charge in [0.25, 0.3) is 0 Å². The van der Waals surface area contributed by atoms with Crippen LogP contribution in [0, 0.1) is 0 Å². The molecule has 0 unspecified atom stereocenters. The first-order valence-corrected chi connectivity index (χ1v) is 10.4. The van der Waals surface area contributed by atoms with Crippen LogP contribution in [0.15, 0.2) is 54.6 Å². The fourth-order valence-electron chi connectivity index (χ4n) is 3.46. The molecule has 4 nitrogen and oxygen atoms in total. The molecule has 1 N–H and O–H groups in total. The molecular formula is C20H25NO3S. The number of para-hydroxylation sites is 1. The second kappa shape index (κ2) is 7.18. The second-order valence-corrected chi connectivity index (χ2v) is 8.40. The summed E-state index contributed by atoms with van der Waals surface area (Å²) in [7, 11) is -3.45. The molecule has 0 aromatic heterocycles. The molecule has 0 spiro atoms. The predicted molar refractivity (Wildman–Crippen MR) is 99.9 cm³/mol. The lowest BCUT2D eigenvalue weighted by Crippen LogP contribution is -2.44. The predicted octanol–water partition coefficient (Wildman–Crippen LogP) is 4.19. The summed E-state index contributed by atoms with van der Waals surface area (Å²) >= 11 is 0. The van der Waals surface area contributed by atoms with Gasteiger partial charge >= 0.3 is 0 Å². The molecule has 1 aliphatic rings. The lowest BCUT2D eigenvalue weighted by atomic mass is 9.84. The van der Waals surface area contributed by atoms with Gasteiger partial charge in [0, 0.05) is 12.0 Å². The van der Waals surface area contributed by atoms with Crippen LogP contribution >= 0.6 is 0 Å². The van der Waals surface area contributed by atoms with Crippen LogP contribution in [0.25, 0.3) is 0 Å². The number of sulfonamides is 1. The number of hydrogen-bond donors (Lipinski definition) is 1. The van der Waals surface area contributed by atoms with Gasteiger partial charge in [-0.1, -0.05) is 62.4 Å². The Kier molecular flexibility index (Phi) is 5.16. The maximum atomic E-state index is 12.7. The van der Waals surface area contributed by atoms with Crippen molar-refractivity contribution in [1.29, 1.82) is 0 Å². The van der Waals surface area contributed by atoms with Crippen LogP contribution in [-0.2, 0) is 15.8 Å².